The predicted octanol–water partition coefficient (Wildman–Crippen LogP) is 5.95. The van der Waals surface area contributed by atoms with Gasteiger partial charge in [0.2, 0.25) is 5.91 Å². The maximum atomic E-state index is 14.1. The van der Waals surface area contributed by atoms with Crippen LogP contribution in [0.15, 0.2) is 28.4 Å². The van der Waals surface area contributed by atoms with E-state index in [4.69, 9.17) is 15.3 Å². The second kappa shape index (κ2) is 34.6. The number of unbranched alkanes of at least 4 members (excludes halogenated alkanes) is 3. The Morgan fingerprint density at radius 1 is 0.789 bits per heavy atom. The molecule has 57 heavy (non-hydrogen) atoms. The molecule has 0 saturated carbocycles. The molecule has 0 spiro atoms. The molecule has 2 rings (SSSR count). The Bertz CT molecular complexity index is 1350. The number of carboxylic acids is 4. The first kappa shape index (κ1) is 54.5. The summed E-state index contributed by atoms with van der Waals surface area (Å²) in [7, 11) is 0. The fourth-order valence-electron chi connectivity index (χ4n) is 5.16. The number of hydrogen-bond acceptors (Lipinski definition) is 11. The minimum absolute atomic E-state index is 0.0277. The number of hydrazone groups is 2. The molecule has 326 valence electrons. The van der Waals surface area contributed by atoms with Gasteiger partial charge in [0.25, 0.3) is 0 Å². The van der Waals surface area contributed by atoms with Crippen molar-refractivity contribution in [1.29, 1.82) is 0 Å². The summed E-state index contributed by atoms with van der Waals surface area (Å²) in [6, 6.07) is 3.37. The summed E-state index contributed by atoms with van der Waals surface area (Å²) >= 11 is 0. The van der Waals surface area contributed by atoms with Crippen LogP contribution in [0.1, 0.15) is 137 Å². The number of aliphatic carboxylic acids is 4. The zero-order chi connectivity index (χ0) is 43.6. The number of carbonyl (C=O) groups excluding carboxylic acids is 1. The van der Waals surface area contributed by atoms with E-state index in [0.29, 0.717) is 49.6 Å². The highest BCUT2D eigenvalue weighted by atomic mass is 19.1. The number of rotatable bonds is 25. The number of benzene rings is 1. The Hall–Kier alpha value is -4.64. The smallest absolute Gasteiger partial charge is 0.320 e. The third kappa shape index (κ3) is 30.2. The van der Waals surface area contributed by atoms with E-state index in [0.717, 1.165) is 12.3 Å². The maximum absolute atomic E-state index is 14.1. The van der Waals surface area contributed by atoms with Gasteiger partial charge in [-0.05, 0) is 62.0 Å². The average Bonchev–Trinajstić information content (AvgIpc) is 3.18. The van der Waals surface area contributed by atoms with Crippen LogP contribution in [-0.2, 0) is 30.5 Å². The second-order valence-electron chi connectivity index (χ2n) is 13.5. The second-order valence-corrected chi connectivity index (χ2v) is 13.5. The third-order valence-electron chi connectivity index (χ3n) is 8.53. The minimum Gasteiger partial charge on any atom is -0.481 e. The zero-order valence-electron chi connectivity index (χ0n) is 35.2. The molecule has 0 fully saturated rings. The van der Waals surface area contributed by atoms with Crippen LogP contribution in [0.5, 0.6) is 0 Å². The number of carboxylic acid groups (broad SMARTS) is 4. The number of amidine groups is 1. The monoisotopic (exact) mass is 812 g/mol. The van der Waals surface area contributed by atoms with E-state index < -0.39 is 35.7 Å². The highest BCUT2D eigenvalue weighted by Gasteiger charge is 2.26. The highest BCUT2D eigenvalue weighted by Crippen LogP contribution is 2.14. The van der Waals surface area contributed by atoms with Gasteiger partial charge < -0.3 is 25.7 Å². The lowest BCUT2D eigenvalue weighted by Crippen LogP contribution is -2.46. The van der Waals surface area contributed by atoms with Crippen LogP contribution in [0.4, 0.5) is 4.39 Å². The number of amides is 1. The first-order valence-corrected chi connectivity index (χ1v) is 20.1. The molecule has 17 heteroatoms. The Morgan fingerprint density at radius 2 is 1.42 bits per heavy atom. The molecule has 0 aromatic heterocycles. The summed E-state index contributed by atoms with van der Waals surface area (Å²) in [4.78, 5) is 58.0. The van der Waals surface area contributed by atoms with Gasteiger partial charge in [-0.15, -0.1) is 0 Å². The van der Waals surface area contributed by atoms with Gasteiger partial charge in [-0.2, -0.15) is 10.2 Å². The fourth-order valence-corrected chi connectivity index (χ4v) is 5.16. The van der Waals surface area contributed by atoms with Gasteiger partial charge in [-0.25, -0.2) is 4.39 Å². The zero-order valence-corrected chi connectivity index (χ0v) is 35.2. The summed E-state index contributed by atoms with van der Waals surface area (Å²) in [5.74, 6) is -3.02. The lowest BCUT2D eigenvalue weighted by Gasteiger charge is -2.31. The molecule has 16 nitrogen and oxygen atoms in total. The van der Waals surface area contributed by atoms with Crippen molar-refractivity contribution in [3.8, 4) is 0 Å². The number of halogens is 1. The summed E-state index contributed by atoms with van der Waals surface area (Å²) in [6.07, 6.45) is 11.8. The SMILES string of the molecule is CCC(=O)O.CCC(=O)O.CCCCCCC(C)CC.CCCN(CCN(CCC)C(CCC(=O)NCc1cc(F)cc(C2=NNC=NN2)c1)C(=O)O)CC(=O)O. The number of nitrogens with zero attached hydrogens (tertiary/aromatic N) is 4. The van der Waals surface area contributed by atoms with E-state index in [-0.39, 0.29) is 44.7 Å². The van der Waals surface area contributed by atoms with Gasteiger partial charge in [0, 0.05) is 44.5 Å². The Labute approximate surface area is 338 Å². The fraction of sp³-hybridized carbons (Fsp3) is 0.675. The van der Waals surface area contributed by atoms with Crippen LogP contribution in [0.25, 0.3) is 0 Å². The van der Waals surface area contributed by atoms with Crippen LogP contribution >= 0.6 is 0 Å². The molecule has 0 aliphatic carbocycles. The normalized spacial score (nSPS) is 12.5. The molecule has 1 amide bonds. The van der Waals surface area contributed by atoms with Crippen LogP contribution in [0.2, 0.25) is 0 Å². The van der Waals surface area contributed by atoms with Crippen molar-refractivity contribution in [3.05, 3.63) is 35.1 Å². The van der Waals surface area contributed by atoms with Crippen molar-refractivity contribution < 1.29 is 48.8 Å². The molecule has 1 aromatic carbocycles. The summed E-state index contributed by atoms with van der Waals surface area (Å²) in [6.45, 7) is 15.8. The van der Waals surface area contributed by atoms with Crippen molar-refractivity contribution in [3.63, 3.8) is 0 Å². The number of nitrogens with one attached hydrogen (secondary N) is 3. The van der Waals surface area contributed by atoms with E-state index in [9.17, 15) is 33.5 Å². The standard InChI is InChI=1S/C24H36FN7O5.C10H22.2C3H6O2/c1-3-7-31(15-22(34)35)9-10-32(8-4-2)20(24(36)37)5-6-21(33)26-14-17-11-18(13-19(25)12-17)23-29-27-16-28-30-23;1-4-6-7-8-9-10(3)5-2;2*1-2-3(4)5/h11-13,16,20H,3-10,14-15H2,1-2H3,(H,26,33)(H,27,28)(H,29,30)(H,34,35)(H,36,37);10H,4-9H2,1-3H3;2*2H2,1H3,(H,4,5). The van der Waals surface area contributed by atoms with Gasteiger partial charge in [0.1, 0.15) is 18.2 Å². The lowest BCUT2D eigenvalue weighted by molar-refractivity contribution is -0.144. The third-order valence-corrected chi connectivity index (χ3v) is 8.53. The van der Waals surface area contributed by atoms with Crippen molar-refractivity contribution in [2.45, 2.75) is 138 Å². The van der Waals surface area contributed by atoms with Gasteiger partial charge >= 0.3 is 23.9 Å². The van der Waals surface area contributed by atoms with Crippen LogP contribution < -0.4 is 16.2 Å². The van der Waals surface area contributed by atoms with Crippen molar-refractivity contribution in [1.82, 2.24) is 26.0 Å². The van der Waals surface area contributed by atoms with Gasteiger partial charge in [0.15, 0.2) is 5.84 Å². The average molecular weight is 812 g/mol. The molecular formula is C40H70FN7O9. The molecule has 0 bridgehead atoms. The number of hydrogen-bond donors (Lipinski definition) is 7. The first-order chi connectivity index (χ1) is 27.1. The van der Waals surface area contributed by atoms with E-state index in [1.54, 1.807) is 29.7 Å². The topological polar surface area (TPSA) is 234 Å². The van der Waals surface area contributed by atoms with Crippen LogP contribution in [0, 0.1) is 11.7 Å². The molecule has 1 aromatic rings. The number of carbonyl (C=O) groups is 5. The molecule has 2 unspecified atom stereocenters. The molecule has 0 radical (unpaired) electrons. The molecule has 1 heterocycles. The molecule has 1 aliphatic rings. The van der Waals surface area contributed by atoms with Crippen molar-refractivity contribution >= 4 is 42.0 Å². The molecule has 0 saturated heterocycles. The van der Waals surface area contributed by atoms with Crippen LogP contribution in [0.3, 0.4) is 0 Å². The Kier molecular flexibility index (Phi) is 33.1. The molecule has 2 atom stereocenters. The minimum atomic E-state index is -1.03. The van der Waals surface area contributed by atoms with E-state index >= 15 is 0 Å². The van der Waals surface area contributed by atoms with E-state index in [1.165, 1.54) is 57.0 Å². The lowest BCUT2D eigenvalue weighted by atomic mass is 10.0. The summed E-state index contributed by atoms with van der Waals surface area (Å²) < 4.78 is 14.1. The van der Waals surface area contributed by atoms with Crippen molar-refractivity contribution in [2.75, 3.05) is 32.7 Å². The Balaban J connectivity index is 0. The Morgan fingerprint density at radius 3 is 1.91 bits per heavy atom. The molecule has 1 aliphatic heterocycles. The maximum Gasteiger partial charge on any atom is 0.320 e. The first-order valence-electron chi connectivity index (χ1n) is 20.1. The van der Waals surface area contributed by atoms with Crippen LogP contribution in [-0.4, -0.2) is 111 Å². The predicted molar refractivity (Wildman–Crippen MR) is 221 cm³/mol. The summed E-state index contributed by atoms with van der Waals surface area (Å²) in [5, 5.41) is 44.9. The van der Waals surface area contributed by atoms with Crippen molar-refractivity contribution in [2.24, 2.45) is 16.1 Å². The van der Waals surface area contributed by atoms with E-state index in [1.807, 2.05) is 13.8 Å². The highest BCUT2D eigenvalue weighted by molar-refractivity contribution is 6.00. The molecule has 7 N–H and O–H groups in total. The summed E-state index contributed by atoms with van der Waals surface area (Å²) in [5.41, 5.74) is 6.20. The van der Waals surface area contributed by atoms with Gasteiger partial charge in [-0.3, -0.25) is 44.6 Å². The quantitative estimate of drug-likeness (QED) is 0.0567. The molecular weight excluding hydrogens is 741 g/mol. The van der Waals surface area contributed by atoms with Gasteiger partial charge in [0.05, 0.1) is 6.54 Å². The van der Waals surface area contributed by atoms with Gasteiger partial charge in [-0.1, -0.05) is 87.0 Å². The largest absolute Gasteiger partial charge is 0.481 e. The van der Waals surface area contributed by atoms with E-state index in [2.05, 4.69) is 47.1 Å².